The molecule has 18 heavy (non-hydrogen) atoms. The Labute approximate surface area is 114 Å². The van der Waals surface area contributed by atoms with Gasteiger partial charge in [-0.2, -0.15) is 0 Å². The van der Waals surface area contributed by atoms with E-state index < -0.39 is 0 Å². The molecule has 0 fully saturated rings. The summed E-state index contributed by atoms with van der Waals surface area (Å²) < 4.78 is 0. The van der Waals surface area contributed by atoms with Crippen molar-refractivity contribution >= 4 is 0 Å². The molecule has 0 aromatic heterocycles. The predicted octanol–water partition coefficient (Wildman–Crippen LogP) is 5.60. The summed E-state index contributed by atoms with van der Waals surface area (Å²) in [5.41, 5.74) is 4.48. The minimum atomic E-state index is 0.170. The lowest BCUT2D eigenvalue weighted by atomic mass is 9.78. The fourth-order valence-electron chi connectivity index (χ4n) is 1.92. The smallest absolute Gasteiger partial charge is 0.0103 e. The van der Waals surface area contributed by atoms with Crippen LogP contribution in [0.3, 0.4) is 0 Å². The van der Waals surface area contributed by atoms with E-state index in [1.807, 2.05) is 0 Å². The van der Waals surface area contributed by atoms with Crippen molar-refractivity contribution in [1.82, 2.24) is 0 Å². The Morgan fingerprint density at radius 3 is 1.61 bits per heavy atom. The van der Waals surface area contributed by atoms with Crippen LogP contribution in [0.15, 0.2) is 12.1 Å². The van der Waals surface area contributed by atoms with Crippen LogP contribution in [0.4, 0.5) is 0 Å². The molecule has 1 radical (unpaired) electrons. The van der Waals surface area contributed by atoms with Gasteiger partial charge in [0.2, 0.25) is 0 Å². The molecule has 0 aliphatic rings. The maximum Gasteiger partial charge on any atom is -0.0103 e. The molecule has 1 atom stereocenters. The first-order valence-electron chi connectivity index (χ1n) is 7.14. The third kappa shape index (κ3) is 3.60. The van der Waals surface area contributed by atoms with Crippen molar-refractivity contribution in [3.63, 3.8) is 0 Å². The molecule has 0 saturated heterocycles. The summed E-state index contributed by atoms with van der Waals surface area (Å²) in [7, 11) is 0. The largest absolute Gasteiger partial charge is 0.0648 e. The molecule has 0 aliphatic carbocycles. The summed E-state index contributed by atoms with van der Waals surface area (Å²) >= 11 is 0. The maximum absolute atomic E-state index is 3.64. The molecule has 0 bridgehead atoms. The molecule has 1 aromatic rings. The molecule has 1 unspecified atom stereocenters. The Morgan fingerprint density at radius 1 is 0.944 bits per heavy atom. The summed E-state index contributed by atoms with van der Waals surface area (Å²) in [6, 6.07) is 8.34. The predicted molar refractivity (Wildman–Crippen MR) is 81.4 cm³/mol. The average Bonchev–Trinajstić information content (AvgIpc) is 2.25. The Morgan fingerprint density at radius 2 is 1.33 bits per heavy atom. The summed E-state index contributed by atoms with van der Waals surface area (Å²) in [6.07, 6.45) is 1.19. The number of benzene rings is 1. The summed E-state index contributed by atoms with van der Waals surface area (Å²) in [5, 5.41) is 0. The zero-order valence-corrected chi connectivity index (χ0v) is 13.4. The lowest BCUT2D eigenvalue weighted by molar-refractivity contribution is 0.562. The second kappa shape index (κ2) is 5.07. The van der Waals surface area contributed by atoms with Crippen molar-refractivity contribution in [3.8, 4) is 0 Å². The molecule has 101 valence electrons. The lowest BCUT2D eigenvalue weighted by Gasteiger charge is -2.27. The highest BCUT2D eigenvalue weighted by Gasteiger charge is 2.21. The van der Waals surface area contributed by atoms with E-state index in [0.717, 1.165) is 0 Å². The number of hydrogen-bond donors (Lipinski definition) is 0. The first-order valence-corrected chi connectivity index (χ1v) is 7.14. The van der Waals surface area contributed by atoms with Crippen LogP contribution in [0.2, 0.25) is 0 Å². The lowest BCUT2D eigenvalue weighted by Crippen LogP contribution is -2.17. The van der Waals surface area contributed by atoms with Gasteiger partial charge in [-0.15, -0.1) is 0 Å². The first kappa shape index (κ1) is 15.3. The molecule has 0 spiro atoms. The van der Waals surface area contributed by atoms with Gasteiger partial charge in [0, 0.05) is 0 Å². The highest BCUT2D eigenvalue weighted by atomic mass is 14.3. The highest BCUT2D eigenvalue weighted by molar-refractivity contribution is 5.37. The normalized spacial score (nSPS) is 14.7. The van der Waals surface area contributed by atoms with Gasteiger partial charge in [-0.1, -0.05) is 67.5 Å². The first-order chi connectivity index (χ1) is 8.05. The fourth-order valence-corrected chi connectivity index (χ4v) is 1.92. The Hall–Kier alpha value is -0.780. The van der Waals surface area contributed by atoms with E-state index in [4.69, 9.17) is 0 Å². The van der Waals surface area contributed by atoms with Crippen LogP contribution in [-0.4, -0.2) is 0 Å². The fraction of sp³-hybridized carbons (Fsp3) is 0.667. The van der Waals surface area contributed by atoms with E-state index in [1.54, 1.807) is 0 Å². The van der Waals surface area contributed by atoms with E-state index >= 15 is 0 Å². The standard InChI is InChI=1S/C18H29/c1-9-13(2)14-10-15(17(3,4)5)12-16(11-14)18(6,7)8/h10-11,13H,9H2,1-8H3. The van der Waals surface area contributed by atoms with Crippen molar-refractivity contribution in [3.05, 3.63) is 34.9 Å². The van der Waals surface area contributed by atoms with Gasteiger partial charge in [0.25, 0.3) is 0 Å². The third-order valence-corrected chi connectivity index (χ3v) is 3.69. The van der Waals surface area contributed by atoms with Crippen LogP contribution in [-0.2, 0) is 10.8 Å². The van der Waals surface area contributed by atoms with Gasteiger partial charge in [0.1, 0.15) is 0 Å². The molecule has 1 aromatic carbocycles. The molecule has 0 amide bonds. The van der Waals surface area contributed by atoms with Gasteiger partial charge in [-0.25, -0.2) is 0 Å². The molecular weight excluding hydrogens is 216 g/mol. The monoisotopic (exact) mass is 245 g/mol. The van der Waals surface area contributed by atoms with Crippen molar-refractivity contribution in [2.75, 3.05) is 0 Å². The van der Waals surface area contributed by atoms with E-state index in [1.165, 1.54) is 23.1 Å². The van der Waals surface area contributed by atoms with Gasteiger partial charge in [0.05, 0.1) is 0 Å². The maximum atomic E-state index is 3.64. The molecule has 0 nitrogen and oxygen atoms in total. The van der Waals surface area contributed by atoms with Crippen LogP contribution < -0.4 is 0 Å². The van der Waals surface area contributed by atoms with Gasteiger partial charge >= 0.3 is 0 Å². The van der Waals surface area contributed by atoms with Crippen molar-refractivity contribution < 1.29 is 0 Å². The SMILES string of the molecule is CCC(C)c1cc(C(C)(C)C)[c]c(C(C)(C)C)c1. The van der Waals surface area contributed by atoms with Crippen LogP contribution in [0.1, 0.15) is 84.4 Å². The zero-order valence-electron chi connectivity index (χ0n) is 13.4. The summed E-state index contributed by atoms with van der Waals surface area (Å²) in [6.45, 7) is 18.2. The van der Waals surface area contributed by atoms with Crippen LogP contribution in [0.5, 0.6) is 0 Å². The Kier molecular flexibility index (Phi) is 4.30. The van der Waals surface area contributed by atoms with Crippen LogP contribution in [0, 0.1) is 6.07 Å². The quantitative estimate of drug-likeness (QED) is 0.636. The van der Waals surface area contributed by atoms with E-state index in [0.29, 0.717) is 5.92 Å². The van der Waals surface area contributed by atoms with Crippen molar-refractivity contribution in [2.24, 2.45) is 0 Å². The minimum absolute atomic E-state index is 0.170. The number of rotatable bonds is 2. The average molecular weight is 245 g/mol. The Balaban J connectivity index is 3.39. The van der Waals surface area contributed by atoms with Crippen molar-refractivity contribution in [2.45, 2.75) is 78.6 Å². The van der Waals surface area contributed by atoms with E-state index in [-0.39, 0.29) is 10.8 Å². The highest BCUT2D eigenvalue weighted by Crippen LogP contribution is 2.32. The zero-order chi connectivity index (χ0) is 14.1. The molecule has 0 aliphatic heterocycles. The molecule has 1 rings (SSSR count). The summed E-state index contributed by atoms with van der Waals surface area (Å²) in [4.78, 5) is 0. The van der Waals surface area contributed by atoms with Gasteiger partial charge in [0.15, 0.2) is 0 Å². The van der Waals surface area contributed by atoms with E-state index in [2.05, 4.69) is 73.6 Å². The second-order valence-electron chi connectivity index (χ2n) is 7.55. The summed E-state index contributed by atoms with van der Waals surface area (Å²) in [5.74, 6) is 0.627. The van der Waals surface area contributed by atoms with Crippen LogP contribution in [0.25, 0.3) is 0 Å². The molecule has 0 heterocycles. The van der Waals surface area contributed by atoms with Gasteiger partial charge < -0.3 is 0 Å². The molecular formula is C18H29. The minimum Gasteiger partial charge on any atom is -0.0648 e. The molecule has 0 N–H and O–H groups in total. The topological polar surface area (TPSA) is 0 Å². The van der Waals surface area contributed by atoms with Gasteiger partial charge in [-0.3, -0.25) is 0 Å². The second-order valence-corrected chi connectivity index (χ2v) is 7.55. The molecule has 0 saturated carbocycles. The third-order valence-electron chi connectivity index (χ3n) is 3.69. The number of hydrogen-bond acceptors (Lipinski definition) is 0. The molecule has 0 heteroatoms. The van der Waals surface area contributed by atoms with Crippen molar-refractivity contribution in [1.29, 1.82) is 0 Å². The Bertz CT molecular complexity index is 367. The van der Waals surface area contributed by atoms with E-state index in [9.17, 15) is 0 Å². The van der Waals surface area contributed by atoms with Gasteiger partial charge in [-0.05, 0) is 45.9 Å². The van der Waals surface area contributed by atoms with Crippen LogP contribution >= 0.6 is 0 Å².